The van der Waals surface area contributed by atoms with Gasteiger partial charge in [0.25, 0.3) is 0 Å². The first-order valence-corrected chi connectivity index (χ1v) is 7.51. The van der Waals surface area contributed by atoms with Crippen LogP contribution in [-0.2, 0) is 6.18 Å². The molecule has 25 heavy (non-hydrogen) atoms. The minimum atomic E-state index is -4.63. The van der Waals surface area contributed by atoms with Crippen molar-refractivity contribution < 1.29 is 13.2 Å². The van der Waals surface area contributed by atoms with E-state index in [1.807, 2.05) is 37.3 Å². The number of H-pyrrole nitrogens is 1. The Labute approximate surface area is 141 Å². The lowest BCUT2D eigenvalue weighted by Gasteiger charge is -2.06. The molecule has 128 valence electrons. The smallest absolute Gasteiger partial charge is 0.302 e. The second-order valence-electron chi connectivity index (χ2n) is 5.57. The molecule has 3 rings (SSSR count). The summed E-state index contributed by atoms with van der Waals surface area (Å²) in [6.07, 6.45) is 0.230. The van der Waals surface area contributed by atoms with Crippen LogP contribution in [0.15, 0.2) is 57.8 Å². The molecule has 0 radical (unpaired) electrons. The van der Waals surface area contributed by atoms with Gasteiger partial charge >= 0.3 is 11.9 Å². The van der Waals surface area contributed by atoms with Gasteiger partial charge in [0.15, 0.2) is 0 Å². The lowest BCUT2D eigenvalue weighted by molar-refractivity contribution is -0.141. The van der Waals surface area contributed by atoms with Crippen LogP contribution in [0.4, 0.5) is 13.2 Å². The highest BCUT2D eigenvalue weighted by molar-refractivity contribution is 6.16. The number of allylic oxidation sites excluding steroid dienone is 2. The predicted octanol–water partition coefficient (Wildman–Crippen LogP) is 3.54. The number of nitrogens with one attached hydrogen (secondary N) is 1. The Hall–Kier alpha value is -2.96. The lowest BCUT2D eigenvalue weighted by Crippen LogP contribution is -2.19. The zero-order valence-electron chi connectivity index (χ0n) is 13.3. The highest BCUT2D eigenvalue weighted by Gasteiger charge is 2.32. The standard InChI is InChI=1S/C18H14F3N3O/c1-11-2-4-12(5-3-11)16-13(8-9-22-16)6-7-14-10-15(18(19,20)21)24-17(25)23-14/h2-8,10H,9H2,1H3,(H,23,24,25)/b7-6+. The number of benzene rings is 1. The van der Waals surface area contributed by atoms with Crippen molar-refractivity contribution in [3.63, 3.8) is 0 Å². The van der Waals surface area contributed by atoms with E-state index >= 15 is 0 Å². The molecule has 4 nitrogen and oxygen atoms in total. The Balaban J connectivity index is 1.87. The maximum atomic E-state index is 12.8. The van der Waals surface area contributed by atoms with Gasteiger partial charge in [-0.2, -0.15) is 18.2 Å². The molecule has 0 fully saturated rings. The van der Waals surface area contributed by atoms with Crippen molar-refractivity contribution in [3.8, 4) is 0 Å². The quantitative estimate of drug-likeness (QED) is 0.925. The maximum Gasteiger partial charge on any atom is 0.431 e. The molecule has 0 saturated carbocycles. The molecule has 0 unspecified atom stereocenters. The zero-order chi connectivity index (χ0) is 18.0. The summed E-state index contributed by atoms with van der Waals surface area (Å²) in [4.78, 5) is 21.0. The van der Waals surface area contributed by atoms with Crippen molar-refractivity contribution in [2.45, 2.75) is 13.1 Å². The number of aliphatic imine (C=N–C) groups is 1. The van der Waals surface area contributed by atoms with Crippen molar-refractivity contribution in [1.29, 1.82) is 0 Å². The number of hydrogen-bond acceptors (Lipinski definition) is 3. The molecular weight excluding hydrogens is 331 g/mol. The van der Waals surface area contributed by atoms with Crippen molar-refractivity contribution in [2.24, 2.45) is 4.99 Å². The Morgan fingerprint density at radius 1 is 1.16 bits per heavy atom. The van der Waals surface area contributed by atoms with Crippen LogP contribution in [0, 0.1) is 6.92 Å². The lowest BCUT2D eigenvalue weighted by atomic mass is 10.0. The summed E-state index contributed by atoms with van der Waals surface area (Å²) in [6, 6.07) is 8.61. The van der Waals surface area contributed by atoms with Crippen LogP contribution in [0.5, 0.6) is 0 Å². The second kappa shape index (κ2) is 6.51. The number of nitrogens with zero attached hydrogens (tertiary/aromatic N) is 2. The van der Waals surface area contributed by atoms with Gasteiger partial charge in [-0.05, 0) is 24.6 Å². The minimum Gasteiger partial charge on any atom is -0.302 e. The van der Waals surface area contributed by atoms with Crippen LogP contribution in [0.3, 0.4) is 0 Å². The van der Waals surface area contributed by atoms with Gasteiger partial charge in [-0.1, -0.05) is 42.0 Å². The van der Waals surface area contributed by atoms with Crippen molar-refractivity contribution in [2.75, 3.05) is 6.54 Å². The summed E-state index contributed by atoms with van der Waals surface area (Å²) < 4.78 is 38.3. The van der Waals surface area contributed by atoms with Crippen LogP contribution < -0.4 is 5.69 Å². The molecule has 2 aromatic rings. The fourth-order valence-electron chi connectivity index (χ4n) is 2.43. The monoisotopic (exact) mass is 345 g/mol. The predicted molar refractivity (Wildman–Crippen MR) is 89.6 cm³/mol. The first kappa shape index (κ1) is 16.9. The molecule has 2 heterocycles. The van der Waals surface area contributed by atoms with E-state index in [4.69, 9.17) is 0 Å². The molecule has 1 aromatic heterocycles. The first-order valence-electron chi connectivity index (χ1n) is 7.51. The average Bonchev–Trinajstić information content (AvgIpc) is 3.01. The summed E-state index contributed by atoms with van der Waals surface area (Å²) in [5.41, 5.74) is 1.36. The molecule has 0 saturated heterocycles. The Morgan fingerprint density at radius 2 is 1.88 bits per heavy atom. The molecule has 1 aromatic carbocycles. The third-order valence-corrected chi connectivity index (χ3v) is 3.66. The normalized spacial score (nSPS) is 14.7. The summed E-state index contributed by atoms with van der Waals surface area (Å²) in [5, 5.41) is 0. The zero-order valence-corrected chi connectivity index (χ0v) is 13.3. The van der Waals surface area contributed by atoms with Crippen LogP contribution in [0.2, 0.25) is 0 Å². The highest BCUT2D eigenvalue weighted by Crippen LogP contribution is 2.27. The largest absolute Gasteiger partial charge is 0.431 e. The van der Waals surface area contributed by atoms with E-state index in [1.165, 1.54) is 6.08 Å². The van der Waals surface area contributed by atoms with Crippen LogP contribution in [0.1, 0.15) is 22.5 Å². The third-order valence-electron chi connectivity index (χ3n) is 3.66. The van der Waals surface area contributed by atoms with Gasteiger partial charge in [-0.3, -0.25) is 4.99 Å². The first-order chi connectivity index (χ1) is 11.8. The van der Waals surface area contributed by atoms with Crippen LogP contribution >= 0.6 is 0 Å². The van der Waals surface area contributed by atoms with E-state index in [2.05, 4.69) is 9.98 Å². The Morgan fingerprint density at radius 3 is 2.56 bits per heavy atom. The highest BCUT2D eigenvalue weighted by atomic mass is 19.4. The summed E-state index contributed by atoms with van der Waals surface area (Å²) in [7, 11) is 0. The van der Waals surface area contributed by atoms with E-state index in [0.717, 1.165) is 28.5 Å². The summed E-state index contributed by atoms with van der Waals surface area (Å²) >= 11 is 0. The number of alkyl halides is 3. The molecule has 0 bridgehead atoms. The summed E-state index contributed by atoms with van der Waals surface area (Å²) in [5.74, 6) is 0. The van der Waals surface area contributed by atoms with E-state index in [1.54, 1.807) is 11.1 Å². The van der Waals surface area contributed by atoms with Gasteiger partial charge in [0.1, 0.15) is 5.69 Å². The third kappa shape index (κ3) is 3.93. The SMILES string of the molecule is Cc1ccc(C2=NCC=C2/C=C/c2cc(C(F)(F)F)[nH]c(=O)n2)cc1. The number of hydrogen-bond donors (Lipinski definition) is 1. The van der Waals surface area contributed by atoms with E-state index in [9.17, 15) is 18.0 Å². The molecule has 7 heteroatoms. The van der Waals surface area contributed by atoms with Gasteiger partial charge in [-0.15, -0.1) is 0 Å². The molecule has 1 aliphatic heterocycles. The minimum absolute atomic E-state index is 0.0628. The van der Waals surface area contributed by atoms with Crippen molar-refractivity contribution in [3.05, 3.63) is 81.1 Å². The number of aromatic nitrogens is 2. The fourth-order valence-corrected chi connectivity index (χ4v) is 2.43. The Kier molecular flexibility index (Phi) is 4.39. The topological polar surface area (TPSA) is 58.1 Å². The molecule has 0 atom stereocenters. The van der Waals surface area contributed by atoms with Crippen molar-refractivity contribution in [1.82, 2.24) is 9.97 Å². The van der Waals surface area contributed by atoms with Gasteiger partial charge in [0, 0.05) is 5.56 Å². The molecular formula is C18H14F3N3O. The van der Waals surface area contributed by atoms with Gasteiger partial charge in [0.05, 0.1) is 18.0 Å². The molecule has 0 aliphatic carbocycles. The van der Waals surface area contributed by atoms with E-state index < -0.39 is 17.6 Å². The van der Waals surface area contributed by atoms with Gasteiger partial charge < -0.3 is 4.98 Å². The average molecular weight is 345 g/mol. The van der Waals surface area contributed by atoms with Gasteiger partial charge in [-0.25, -0.2) is 4.79 Å². The number of aryl methyl sites for hydroxylation is 1. The van der Waals surface area contributed by atoms with E-state index in [-0.39, 0.29) is 5.69 Å². The molecule has 0 spiro atoms. The molecule has 0 amide bonds. The molecule has 1 aliphatic rings. The van der Waals surface area contributed by atoms with Crippen molar-refractivity contribution >= 4 is 11.8 Å². The fraction of sp³-hybridized carbons (Fsp3) is 0.167. The maximum absolute atomic E-state index is 12.8. The number of aromatic amines is 1. The van der Waals surface area contributed by atoms with E-state index in [0.29, 0.717) is 6.54 Å². The molecule has 1 N–H and O–H groups in total. The Bertz CT molecular complexity index is 935. The summed E-state index contributed by atoms with van der Waals surface area (Å²) in [6.45, 7) is 2.48. The number of rotatable bonds is 3. The van der Waals surface area contributed by atoms with Crippen LogP contribution in [-0.4, -0.2) is 22.2 Å². The second-order valence-corrected chi connectivity index (χ2v) is 5.57. The van der Waals surface area contributed by atoms with Gasteiger partial charge in [0.2, 0.25) is 0 Å². The van der Waals surface area contributed by atoms with Crippen LogP contribution in [0.25, 0.3) is 6.08 Å². The number of halogens is 3.